The van der Waals surface area contributed by atoms with Crippen LogP contribution in [0.15, 0.2) is 32.8 Å². The number of aromatic nitrogens is 2. The van der Waals surface area contributed by atoms with E-state index in [4.69, 9.17) is 0 Å². The zero-order valence-electron chi connectivity index (χ0n) is 7.48. The SMILES string of the molecule is O=C(Cn1cc(Br)cn1)c1sccc1Br. The van der Waals surface area contributed by atoms with Crippen LogP contribution in [-0.4, -0.2) is 15.6 Å². The van der Waals surface area contributed by atoms with Crippen molar-refractivity contribution in [3.05, 3.63) is 37.7 Å². The second-order valence-electron chi connectivity index (χ2n) is 2.88. The van der Waals surface area contributed by atoms with Crippen molar-refractivity contribution in [3.8, 4) is 0 Å². The summed E-state index contributed by atoms with van der Waals surface area (Å²) in [6.45, 7) is 0.269. The van der Waals surface area contributed by atoms with Crippen LogP contribution in [0.25, 0.3) is 0 Å². The molecule has 0 aliphatic heterocycles. The number of halogens is 2. The van der Waals surface area contributed by atoms with Crippen LogP contribution in [0.1, 0.15) is 9.67 Å². The van der Waals surface area contributed by atoms with Crippen molar-refractivity contribution in [1.82, 2.24) is 9.78 Å². The first-order chi connectivity index (χ1) is 7.16. The van der Waals surface area contributed by atoms with E-state index in [1.54, 1.807) is 17.1 Å². The fourth-order valence-electron chi connectivity index (χ4n) is 1.14. The van der Waals surface area contributed by atoms with Crippen LogP contribution >= 0.6 is 43.2 Å². The summed E-state index contributed by atoms with van der Waals surface area (Å²) in [5.41, 5.74) is 0. The Kier molecular flexibility index (Phi) is 3.38. The largest absolute Gasteiger partial charge is 0.291 e. The van der Waals surface area contributed by atoms with Crippen molar-refractivity contribution in [2.75, 3.05) is 0 Å². The highest BCUT2D eigenvalue weighted by Gasteiger charge is 2.12. The Morgan fingerprint density at radius 3 is 2.87 bits per heavy atom. The Balaban J connectivity index is 2.14. The van der Waals surface area contributed by atoms with Crippen LogP contribution < -0.4 is 0 Å². The number of carbonyl (C=O) groups excluding carboxylic acids is 1. The van der Waals surface area contributed by atoms with Crippen LogP contribution in [-0.2, 0) is 6.54 Å². The molecule has 2 aromatic rings. The average molecular weight is 350 g/mol. The minimum atomic E-state index is 0.0625. The summed E-state index contributed by atoms with van der Waals surface area (Å²) < 4.78 is 3.34. The van der Waals surface area contributed by atoms with Gasteiger partial charge in [0, 0.05) is 10.7 Å². The molecule has 0 aliphatic rings. The van der Waals surface area contributed by atoms with E-state index in [-0.39, 0.29) is 12.3 Å². The van der Waals surface area contributed by atoms with E-state index in [1.165, 1.54) is 11.3 Å². The molecule has 0 aliphatic carbocycles. The summed E-state index contributed by atoms with van der Waals surface area (Å²) in [5, 5.41) is 5.92. The Labute approximate surface area is 107 Å². The predicted molar refractivity (Wildman–Crippen MR) is 66.3 cm³/mol. The van der Waals surface area contributed by atoms with Gasteiger partial charge < -0.3 is 0 Å². The summed E-state index contributed by atoms with van der Waals surface area (Å²) in [6.07, 6.45) is 3.44. The maximum absolute atomic E-state index is 11.8. The lowest BCUT2D eigenvalue weighted by Gasteiger charge is -1.99. The van der Waals surface area contributed by atoms with Crippen LogP contribution in [0.3, 0.4) is 0 Å². The van der Waals surface area contributed by atoms with E-state index < -0.39 is 0 Å². The smallest absolute Gasteiger partial charge is 0.195 e. The van der Waals surface area contributed by atoms with Crippen molar-refractivity contribution in [2.24, 2.45) is 0 Å². The topological polar surface area (TPSA) is 34.9 Å². The second-order valence-corrected chi connectivity index (χ2v) is 5.56. The fraction of sp³-hybridized carbons (Fsp3) is 0.111. The predicted octanol–water partition coefficient (Wildman–Crippen LogP) is 3.35. The summed E-state index contributed by atoms with van der Waals surface area (Å²) >= 11 is 8.05. The molecule has 0 bridgehead atoms. The third kappa shape index (κ3) is 2.56. The first-order valence-electron chi connectivity index (χ1n) is 4.11. The van der Waals surface area contributed by atoms with Gasteiger partial charge in [0.1, 0.15) is 6.54 Å². The third-order valence-corrected chi connectivity index (χ3v) is 4.07. The van der Waals surface area contributed by atoms with Crippen molar-refractivity contribution >= 4 is 49.0 Å². The van der Waals surface area contributed by atoms with Gasteiger partial charge in [-0.15, -0.1) is 11.3 Å². The molecule has 15 heavy (non-hydrogen) atoms. The molecule has 0 fully saturated rings. The molecule has 0 aromatic carbocycles. The van der Waals surface area contributed by atoms with Gasteiger partial charge >= 0.3 is 0 Å². The molecule has 0 amide bonds. The van der Waals surface area contributed by atoms with Gasteiger partial charge in [-0.3, -0.25) is 9.48 Å². The number of rotatable bonds is 3. The van der Waals surface area contributed by atoms with Crippen molar-refractivity contribution < 1.29 is 4.79 Å². The van der Waals surface area contributed by atoms with E-state index in [0.717, 1.165) is 13.8 Å². The molecule has 0 saturated carbocycles. The minimum absolute atomic E-state index is 0.0625. The molecule has 0 saturated heterocycles. The van der Waals surface area contributed by atoms with Gasteiger partial charge in [-0.25, -0.2) is 0 Å². The summed E-state index contributed by atoms with van der Waals surface area (Å²) in [6, 6.07) is 1.87. The summed E-state index contributed by atoms with van der Waals surface area (Å²) in [5.74, 6) is 0.0625. The van der Waals surface area contributed by atoms with Crippen LogP contribution in [0.4, 0.5) is 0 Å². The van der Waals surface area contributed by atoms with Gasteiger partial charge in [0.15, 0.2) is 5.78 Å². The lowest BCUT2D eigenvalue weighted by atomic mass is 10.3. The molecular weight excluding hydrogens is 344 g/mol. The second kappa shape index (κ2) is 4.59. The van der Waals surface area contributed by atoms with Gasteiger partial charge in [0.05, 0.1) is 15.5 Å². The zero-order valence-corrected chi connectivity index (χ0v) is 11.5. The minimum Gasteiger partial charge on any atom is -0.291 e. The van der Waals surface area contributed by atoms with Crippen LogP contribution in [0.2, 0.25) is 0 Å². The number of hydrogen-bond donors (Lipinski definition) is 0. The van der Waals surface area contributed by atoms with Gasteiger partial charge in [-0.05, 0) is 43.3 Å². The number of hydrogen-bond acceptors (Lipinski definition) is 3. The molecule has 3 nitrogen and oxygen atoms in total. The molecule has 6 heteroatoms. The number of nitrogens with zero attached hydrogens (tertiary/aromatic N) is 2. The van der Waals surface area contributed by atoms with E-state index in [0.29, 0.717) is 0 Å². The fourth-order valence-corrected chi connectivity index (χ4v) is 2.99. The molecular formula is C9H6Br2N2OS. The number of carbonyl (C=O) groups is 1. The standard InChI is InChI=1S/C9H6Br2N2OS/c10-6-3-12-13(4-6)5-8(14)9-7(11)1-2-15-9/h1-4H,5H2. The van der Waals surface area contributed by atoms with E-state index in [1.807, 2.05) is 11.4 Å². The number of thiophene rings is 1. The molecule has 0 radical (unpaired) electrons. The van der Waals surface area contributed by atoms with Gasteiger partial charge in [0.25, 0.3) is 0 Å². The monoisotopic (exact) mass is 348 g/mol. The van der Waals surface area contributed by atoms with Crippen molar-refractivity contribution in [3.63, 3.8) is 0 Å². The van der Waals surface area contributed by atoms with Crippen LogP contribution in [0, 0.1) is 0 Å². The lowest BCUT2D eigenvalue weighted by molar-refractivity contribution is 0.0971. The Morgan fingerprint density at radius 1 is 1.53 bits per heavy atom. The van der Waals surface area contributed by atoms with Gasteiger partial charge in [-0.2, -0.15) is 5.10 Å². The highest BCUT2D eigenvalue weighted by atomic mass is 79.9. The Bertz CT molecular complexity index is 492. The Hall–Kier alpha value is -0.460. The highest BCUT2D eigenvalue weighted by molar-refractivity contribution is 9.10. The van der Waals surface area contributed by atoms with Crippen molar-refractivity contribution in [2.45, 2.75) is 6.54 Å². The molecule has 2 aromatic heterocycles. The van der Waals surface area contributed by atoms with E-state index in [2.05, 4.69) is 37.0 Å². The molecule has 78 valence electrons. The molecule has 0 atom stereocenters. The first kappa shape index (κ1) is 11.0. The third-order valence-electron chi connectivity index (χ3n) is 1.78. The molecule has 0 N–H and O–H groups in total. The van der Waals surface area contributed by atoms with Gasteiger partial charge in [-0.1, -0.05) is 0 Å². The number of Topliss-reactive ketones (excluding diaryl/α,β-unsaturated/α-hetero) is 1. The highest BCUT2D eigenvalue weighted by Crippen LogP contribution is 2.23. The molecule has 2 heterocycles. The maximum Gasteiger partial charge on any atom is 0.195 e. The maximum atomic E-state index is 11.8. The van der Waals surface area contributed by atoms with Crippen LogP contribution in [0.5, 0.6) is 0 Å². The first-order valence-corrected chi connectivity index (χ1v) is 6.57. The average Bonchev–Trinajstić information content (AvgIpc) is 2.75. The number of ketones is 1. The van der Waals surface area contributed by atoms with E-state index >= 15 is 0 Å². The summed E-state index contributed by atoms with van der Waals surface area (Å²) in [4.78, 5) is 12.5. The van der Waals surface area contributed by atoms with Gasteiger partial charge in [0.2, 0.25) is 0 Å². The lowest BCUT2D eigenvalue weighted by Crippen LogP contribution is -2.09. The summed E-state index contributed by atoms with van der Waals surface area (Å²) in [7, 11) is 0. The normalized spacial score (nSPS) is 10.5. The molecule has 2 rings (SSSR count). The molecule has 0 unspecified atom stereocenters. The van der Waals surface area contributed by atoms with E-state index in [9.17, 15) is 4.79 Å². The molecule has 0 spiro atoms. The quantitative estimate of drug-likeness (QED) is 0.796. The Morgan fingerprint density at radius 2 is 2.33 bits per heavy atom. The zero-order chi connectivity index (χ0) is 10.8. The van der Waals surface area contributed by atoms with Crippen molar-refractivity contribution in [1.29, 1.82) is 0 Å².